The van der Waals surface area contributed by atoms with Crippen LogP contribution in [0.25, 0.3) is 11.0 Å². The number of hydrogen-bond acceptors (Lipinski definition) is 3. The maximum absolute atomic E-state index is 6.28. The molecule has 6 heteroatoms. The van der Waals surface area contributed by atoms with Crippen LogP contribution < -0.4 is 0 Å². The normalized spacial score (nSPS) is 13.0. The summed E-state index contributed by atoms with van der Waals surface area (Å²) in [6.45, 7) is 4.20. The van der Waals surface area contributed by atoms with Crippen LogP contribution in [0, 0.1) is 6.92 Å². The molecule has 0 aliphatic heterocycles. The number of para-hydroxylation sites is 1. The quantitative estimate of drug-likeness (QED) is 0.636. The van der Waals surface area contributed by atoms with Crippen molar-refractivity contribution in [1.82, 2.24) is 14.5 Å². The number of halogens is 2. The molecule has 0 spiro atoms. The molecule has 0 fully saturated rings. The first kappa shape index (κ1) is 14.8. The molecular formula is C15H15Cl2N3S. The third-order valence-corrected chi connectivity index (χ3v) is 5.02. The van der Waals surface area contributed by atoms with Gasteiger partial charge >= 0.3 is 0 Å². The summed E-state index contributed by atoms with van der Waals surface area (Å²) in [4.78, 5) is 10.4. The number of thiazole rings is 1. The van der Waals surface area contributed by atoms with Crippen molar-refractivity contribution in [2.75, 3.05) is 5.88 Å². The van der Waals surface area contributed by atoms with Gasteiger partial charge in [-0.2, -0.15) is 0 Å². The van der Waals surface area contributed by atoms with Gasteiger partial charge in [-0.25, -0.2) is 9.97 Å². The number of benzene rings is 1. The van der Waals surface area contributed by atoms with Crippen LogP contribution in [0.3, 0.4) is 0 Å². The molecule has 0 amide bonds. The molecule has 1 unspecified atom stereocenters. The Balaban J connectivity index is 2.19. The van der Waals surface area contributed by atoms with Crippen LogP contribution >= 0.6 is 34.5 Å². The summed E-state index contributed by atoms with van der Waals surface area (Å²) in [6, 6.07) is 5.98. The molecule has 0 radical (unpaired) electrons. The van der Waals surface area contributed by atoms with E-state index in [2.05, 4.69) is 28.4 Å². The van der Waals surface area contributed by atoms with Gasteiger partial charge in [0.05, 0.1) is 16.6 Å². The Bertz CT molecular complexity index is 778. The van der Waals surface area contributed by atoms with E-state index < -0.39 is 0 Å². The van der Waals surface area contributed by atoms with Crippen LogP contribution in [-0.4, -0.2) is 20.4 Å². The van der Waals surface area contributed by atoms with Gasteiger partial charge in [0.2, 0.25) is 0 Å². The molecule has 2 heterocycles. The van der Waals surface area contributed by atoms with Crippen molar-refractivity contribution in [2.24, 2.45) is 0 Å². The molecule has 110 valence electrons. The molecule has 0 saturated heterocycles. The Labute approximate surface area is 137 Å². The highest BCUT2D eigenvalue weighted by Crippen LogP contribution is 2.31. The lowest BCUT2D eigenvalue weighted by Crippen LogP contribution is -2.11. The zero-order valence-electron chi connectivity index (χ0n) is 11.8. The zero-order valence-corrected chi connectivity index (χ0v) is 14.1. The fraction of sp³-hybridized carbons (Fsp3) is 0.333. The fourth-order valence-electron chi connectivity index (χ4n) is 2.50. The van der Waals surface area contributed by atoms with Crippen molar-refractivity contribution in [3.05, 3.63) is 45.1 Å². The SMILES string of the molecule is Cc1cnc(C(C)n2c(CCCl)nc3c(Cl)cccc32)s1. The van der Waals surface area contributed by atoms with Gasteiger partial charge in [-0.15, -0.1) is 22.9 Å². The maximum Gasteiger partial charge on any atom is 0.115 e. The van der Waals surface area contributed by atoms with Crippen LogP contribution in [0.1, 0.15) is 28.7 Å². The van der Waals surface area contributed by atoms with E-state index in [0.717, 1.165) is 21.9 Å². The second-order valence-corrected chi connectivity index (χ2v) is 6.98. The lowest BCUT2D eigenvalue weighted by molar-refractivity contribution is 0.620. The first-order chi connectivity index (χ1) is 10.1. The van der Waals surface area contributed by atoms with Gasteiger partial charge in [-0.1, -0.05) is 17.7 Å². The summed E-state index contributed by atoms with van der Waals surface area (Å²) in [5, 5.41) is 1.74. The summed E-state index contributed by atoms with van der Waals surface area (Å²) in [5.41, 5.74) is 1.86. The number of nitrogens with zero attached hydrogens (tertiary/aromatic N) is 3. The van der Waals surface area contributed by atoms with Crippen LogP contribution in [0.2, 0.25) is 5.02 Å². The molecule has 1 atom stereocenters. The van der Waals surface area contributed by atoms with Crippen molar-refractivity contribution in [1.29, 1.82) is 0 Å². The van der Waals surface area contributed by atoms with Crippen LogP contribution in [0.5, 0.6) is 0 Å². The monoisotopic (exact) mass is 339 g/mol. The average Bonchev–Trinajstić information content (AvgIpc) is 3.03. The molecule has 3 aromatic rings. The minimum absolute atomic E-state index is 0.116. The van der Waals surface area contributed by atoms with E-state index in [1.54, 1.807) is 11.3 Å². The van der Waals surface area contributed by atoms with E-state index in [0.29, 0.717) is 17.3 Å². The summed E-state index contributed by atoms with van der Waals surface area (Å²) >= 11 is 13.9. The summed E-state index contributed by atoms with van der Waals surface area (Å²) in [6.07, 6.45) is 2.62. The van der Waals surface area contributed by atoms with Crippen molar-refractivity contribution in [3.8, 4) is 0 Å². The Morgan fingerprint density at radius 3 is 2.86 bits per heavy atom. The topological polar surface area (TPSA) is 30.7 Å². The highest BCUT2D eigenvalue weighted by atomic mass is 35.5. The van der Waals surface area contributed by atoms with Crippen LogP contribution in [0.15, 0.2) is 24.4 Å². The van der Waals surface area contributed by atoms with E-state index in [1.165, 1.54) is 4.88 Å². The molecule has 0 bridgehead atoms. The largest absolute Gasteiger partial charge is 0.318 e. The van der Waals surface area contributed by atoms with Crippen molar-refractivity contribution in [3.63, 3.8) is 0 Å². The van der Waals surface area contributed by atoms with Gasteiger partial charge in [0.15, 0.2) is 0 Å². The smallest absolute Gasteiger partial charge is 0.115 e. The van der Waals surface area contributed by atoms with E-state index in [1.807, 2.05) is 24.4 Å². The number of hydrogen-bond donors (Lipinski definition) is 0. The fourth-order valence-corrected chi connectivity index (χ4v) is 3.70. The number of fused-ring (bicyclic) bond motifs is 1. The minimum Gasteiger partial charge on any atom is -0.318 e. The molecule has 1 aromatic carbocycles. The average molecular weight is 340 g/mol. The number of aryl methyl sites for hydroxylation is 2. The third kappa shape index (κ3) is 2.68. The number of rotatable bonds is 4. The van der Waals surface area contributed by atoms with Gasteiger partial charge in [-0.05, 0) is 26.0 Å². The molecule has 0 aliphatic carbocycles. The molecule has 0 saturated carbocycles. The number of alkyl halides is 1. The zero-order chi connectivity index (χ0) is 15.0. The Morgan fingerprint density at radius 2 is 2.19 bits per heavy atom. The van der Waals surface area contributed by atoms with Crippen LogP contribution in [0.4, 0.5) is 0 Å². The van der Waals surface area contributed by atoms with E-state index in [9.17, 15) is 0 Å². The number of imidazole rings is 1. The van der Waals surface area contributed by atoms with Crippen molar-refractivity contribution >= 4 is 45.6 Å². The van der Waals surface area contributed by atoms with Crippen LogP contribution in [-0.2, 0) is 6.42 Å². The lowest BCUT2D eigenvalue weighted by atomic mass is 10.2. The summed E-state index contributed by atoms with van der Waals surface area (Å²) in [7, 11) is 0. The van der Waals surface area contributed by atoms with E-state index in [4.69, 9.17) is 23.2 Å². The summed E-state index contributed by atoms with van der Waals surface area (Å²) in [5.74, 6) is 1.48. The predicted octanol–water partition coefficient (Wildman–Crippen LogP) is 4.85. The van der Waals surface area contributed by atoms with E-state index in [-0.39, 0.29) is 6.04 Å². The Morgan fingerprint density at radius 1 is 1.38 bits per heavy atom. The summed E-state index contributed by atoms with van der Waals surface area (Å²) < 4.78 is 2.20. The van der Waals surface area contributed by atoms with Crippen molar-refractivity contribution in [2.45, 2.75) is 26.3 Å². The molecule has 2 aromatic heterocycles. The van der Waals surface area contributed by atoms with Gasteiger partial charge < -0.3 is 4.57 Å². The molecule has 3 rings (SSSR count). The predicted molar refractivity (Wildman–Crippen MR) is 89.8 cm³/mol. The molecule has 0 N–H and O–H groups in total. The Hall–Kier alpha value is -1.10. The number of aromatic nitrogens is 3. The highest BCUT2D eigenvalue weighted by Gasteiger charge is 2.20. The molecule has 0 aliphatic rings. The first-order valence-corrected chi connectivity index (χ1v) is 8.48. The molecular weight excluding hydrogens is 325 g/mol. The second kappa shape index (κ2) is 5.95. The standard InChI is InChI=1S/C15H15Cl2N3S/c1-9-8-18-15(21-9)10(2)20-12-5-3-4-11(17)14(12)19-13(20)6-7-16/h3-5,8,10H,6-7H2,1-2H3. The van der Waals surface area contributed by atoms with Gasteiger partial charge in [0.25, 0.3) is 0 Å². The Kier molecular flexibility index (Phi) is 4.20. The van der Waals surface area contributed by atoms with Crippen molar-refractivity contribution < 1.29 is 0 Å². The maximum atomic E-state index is 6.28. The minimum atomic E-state index is 0.116. The highest BCUT2D eigenvalue weighted by molar-refractivity contribution is 7.11. The van der Waals surface area contributed by atoms with E-state index >= 15 is 0 Å². The van der Waals surface area contributed by atoms with Gasteiger partial charge in [-0.3, -0.25) is 0 Å². The van der Waals surface area contributed by atoms with Gasteiger partial charge in [0, 0.05) is 23.4 Å². The molecule has 3 nitrogen and oxygen atoms in total. The van der Waals surface area contributed by atoms with Gasteiger partial charge in [0.1, 0.15) is 16.3 Å². The second-order valence-electron chi connectivity index (χ2n) is 4.93. The third-order valence-electron chi connectivity index (χ3n) is 3.45. The first-order valence-electron chi connectivity index (χ1n) is 6.75. The lowest BCUT2D eigenvalue weighted by Gasteiger charge is -2.15. The molecule has 21 heavy (non-hydrogen) atoms.